The van der Waals surface area contributed by atoms with Crippen molar-refractivity contribution in [3.63, 3.8) is 0 Å². The van der Waals surface area contributed by atoms with Gasteiger partial charge in [0.15, 0.2) is 0 Å². The van der Waals surface area contributed by atoms with Crippen LogP contribution in [0.5, 0.6) is 0 Å². The summed E-state index contributed by atoms with van der Waals surface area (Å²) in [6.07, 6.45) is 19.7. The molecule has 24 heavy (non-hydrogen) atoms. The van der Waals surface area contributed by atoms with Crippen molar-refractivity contribution in [2.45, 2.75) is 130 Å². The molecular weight excluding hydrogens is 296 g/mol. The molecule has 2 nitrogen and oxygen atoms in total. The first-order valence-electron chi connectivity index (χ1n) is 11.0. The van der Waals surface area contributed by atoms with E-state index in [1.54, 1.807) is 0 Å². The lowest BCUT2D eigenvalue weighted by Crippen LogP contribution is -2.16. The van der Waals surface area contributed by atoms with Crippen LogP contribution in [0.1, 0.15) is 118 Å². The van der Waals surface area contributed by atoms with Gasteiger partial charge in [-0.15, -0.1) is 0 Å². The largest absolute Gasteiger partial charge is 0.379 e. The summed E-state index contributed by atoms with van der Waals surface area (Å²) in [6.45, 7) is 10.5. The molecule has 1 fully saturated rings. The van der Waals surface area contributed by atoms with Crippen molar-refractivity contribution in [2.24, 2.45) is 0 Å². The highest BCUT2D eigenvalue weighted by molar-refractivity contribution is 4.69. The third-order valence-corrected chi connectivity index (χ3v) is 4.77. The zero-order valence-electron chi connectivity index (χ0n) is 17.3. The van der Waals surface area contributed by atoms with Gasteiger partial charge in [0.25, 0.3) is 0 Å². The summed E-state index contributed by atoms with van der Waals surface area (Å²) in [5.74, 6) is 0. The van der Waals surface area contributed by atoms with E-state index in [2.05, 4.69) is 27.7 Å². The average Bonchev–Trinajstić information content (AvgIpc) is 3.01. The molecule has 0 aromatic carbocycles. The van der Waals surface area contributed by atoms with Crippen LogP contribution >= 0.6 is 0 Å². The topological polar surface area (TPSA) is 18.5 Å². The van der Waals surface area contributed by atoms with Gasteiger partial charge < -0.3 is 9.47 Å². The smallest absolute Gasteiger partial charge is 0.0813 e. The van der Waals surface area contributed by atoms with Gasteiger partial charge in [0, 0.05) is 6.61 Å². The first-order valence-corrected chi connectivity index (χ1v) is 11.0. The molecule has 0 aromatic rings. The Morgan fingerprint density at radius 2 is 1.25 bits per heavy atom. The third kappa shape index (κ3) is 16.8. The van der Waals surface area contributed by atoms with Crippen molar-refractivity contribution in [1.29, 1.82) is 0 Å². The van der Waals surface area contributed by atoms with Crippen molar-refractivity contribution in [3.8, 4) is 0 Å². The zero-order valence-corrected chi connectivity index (χ0v) is 17.3. The maximum Gasteiger partial charge on any atom is 0.0813 e. The van der Waals surface area contributed by atoms with Crippen LogP contribution in [0.4, 0.5) is 0 Å². The number of unbranched alkanes of at least 4 members (excludes halogenated alkanes) is 10. The number of ether oxygens (including phenoxy) is 2. The molecule has 2 heteroatoms. The van der Waals surface area contributed by atoms with E-state index in [0.29, 0.717) is 12.2 Å². The normalized spacial score (nSPS) is 20.0. The molecule has 0 bridgehead atoms. The van der Waals surface area contributed by atoms with E-state index in [4.69, 9.17) is 9.47 Å². The van der Waals surface area contributed by atoms with Crippen molar-refractivity contribution in [1.82, 2.24) is 0 Å². The van der Waals surface area contributed by atoms with E-state index in [-0.39, 0.29) is 0 Å². The van der Waals surface area contributed by atoms with E-state index < -0.39 is 0 Å². The van der Waals surface area contributed by atoms with E-state index in [1.165, 1.54) is 89.9 Å². The maximum atomic E-state index is 5.74. The molecule has 2 atom stereocenters. The summed E-state index contributed by atoms with van der Waals surface area (Å²) >= 11 is 0. The Labute approximate surface area is 153 Å². The Morgan fingerprint density at radius 1 is 0.708 bits per heavy atom. The van der Waals surface area contributed by atoms with Gasteiger partial charge in [0.2, 0.25) is 0 Å². The Hall–Kier alpha value is -0.0800. The minimum atomic E-state index is 0.369. The Bertz CT molecular complexity index is 228. The predicted octanol–water partition coefficient (Wildman–Crippen LogP) is 7.30. The standard InChI is InChI=1S/C18H36O2.C4H10/c1-3-4-5-6-7-8-9-10-11-12-15-19-16-18-14-13-17(2)20-18;1-3-4-2/h17-18H,3-16H2,1-2H3;3-4H2,1-2H3. The quantitative estimate of drug-likeness (QED) is 0.308. The van der Waals surface area contributed by atoms with E-state index in [0.717, 1.165) is 13.2 Å². The minimum absolute atomic E-state index is 0.369. The summed E-state index contributed by atoms with van der Waals surface area (Å²) in [4.78, 5) is 0. The van der Waals surface area contributed by atoms with E-state index in [9.17, 15) is 0 Å². The lowest BCUT2D eigenvalue weighted by atomic mass is 10.1. The van der Waals surface area contributed by atoms with Crippen LogP contribution in [0.15, 0.2) is 0 Å². The van der Waals surface area contributed by atoms with Crippen molar-refractivity contribution < 1.29 is 9.47 Å². The van der Waals surface area contributed by atoms with Crippen LogP contribution in [0.3, 0.4) is 0 Å². The second-order valence-electron chi connectivity index (χ2n) is 7.40. The third-order valence-electron chi connectivity index (χ3n) is 4.77. The average molecular weight is 343 g/mol. The maximum absolute atomic E-state index is 5.74. The zero-order chi connectivity index (χ0) is 17.9. The molecule has 1 heterocycles. The van der Waals surface area contributed by atoms with Crippen molar-refractivity contribution >= 4 is 0 Å². The van der Waals surface area contributed by atoms with Crippen LogP contribution in [0, 0.1) is 0 Å². The molecule has 0 aliphatic carbocycles. The van der Waals surface area contributed by atoms with Gasteiger partial charge in [-0.3, -0.25) is 0 Å². The molecule has 1 aliphatic heterocycles. The Kier molecular flexibility index (Phi) is 19.2. The van der Waals surface area contributed by atoms with Gasteiger partial charge >= 0.3 is 0 Å². The second-order valence-corrected chi connectivity index (χ2v) is 7.40. The fourth-order valence-electron chi connectivity index (χ4n) is 2.91. The second kappa shape index (κ2) is 19.2. The number of rotatable bonds is 14. The molecule has 1 rings (SSSR count). The number of hydrogen-bond donors (Lipinski definition) is 0. The fourth-order valence-corrected chi connectivity index (χ4v) is 2.91. The molecule has 0 radical (unpaired) electrons. The highest BCUT2D eigenvalue weighted by Crippen LogP contribution is 2.19. The molecule has 0 N–H and O–H groups in total. The van der Waals surface area contributed by atoms with Crippen LogP contribution in [-0.2, 0) is 9.47 Å². The molecule has 0 amide bonds. The Morgan fingerprint density at radius 3 is 1.71 bits per heavy atom. The summed E-state index contributed by atoms with van der Waals surface area (Å²) in [7, 11) is 0. The van der Waals surface area contributed by atoms with Gasteiger partial charge in [-0.1, -0.05) is 91.4 Å². The van der Waals surface area contributed by atoms with Crippen LogP contribution in [0.2, 0.25) is 0 Å². The monoisotopic (exact) mass is 342 g/mol. The summed E-state index contributed by atoms with van der Waals surface area (Å²) < 4.78 is 11.4. The molecule has 1 saturated heterocycles. The van der Waals surface area contributed by atoms with Crippen molar-refractivity contribution in [3.05, 3.63) is 0 Å². The molecule has 1 aliphatic rings. The molecule has 0 spiro atoms. The molecular formula is C22H46O2. The molecule has 146 valence electrons. The first-order chi connectivity index (χ1) is 11.7. The minimum Gasteiger partial charge on any atom is -0.379 e. The van der Waals surface area contributed by atoms with Gasteiger partial charge in [-0.25, -0.2) is 0 Å². The highest BCUT2D eigenvalue weighted by atomic mass is 16.5. The molecule has 0 aromatic heterocycles. The summed E-state index contributed by atoms with van der Waals surface area (Å²) in [5, 5.41) is 0. The van der Waals surface area contributed by atoms with Crippen LogP contribution < -0.4 is 0 Å². The number of hydrogen-bond acceptors (Lipinski definition) is 2. The van der Waals surface area contributed by atoms with Gasteiger partial charge in [-0.05, 0) is 26.2 Å². The lowest BCUT2D eigenvalue weighted by Gasteiger charge is -2.11. The van der Waals surface area contributed by atoms with Crippen LogP contribution in [-0.4, -0.2) is 25.4 Å². The van der Waals surface area contributed by atoms with Crippen molar-refractivity contribution in [2.75, 3.05) is 13.2 Å². The van der Waals surface area contributed by atoms with Gasteiger partial charge in [-0.2, -0.15) is 0 Å². The highest BCUT2D eigenvalue weighted by Gasteiger charge is 2.21. The fraction of sp³-hybridized carbons (Fsp3) is 1.00. The van der Waals surface area contributed by atoms with Gasteiger partial charge in [0.1, 0.15) is 0 Å². The predicted molar refractivity (Wildman–Crippen MR) is 107 cm³/mol. The molecule has 2 unspecified atom stereocenters. The van der Waals surface area contributed by atoms with Crippen LogP contribution in [0.25, 0.3) is 0 Å². The van der Waals surface area contributed by atoms with Gasteiger partial charge in [0.05, 0.1) is 18.8 Å². The lowest BCUT2D eigenvalue weighted by molar-refractivity contribution is -0.00989. The molecule has 0 saturated carbocycles. The SMILES string of the molecule is CCCC.CCCCCCCCCCCCOCC1CCC(C)O1. The van der Waals surface area contributed by atoms with E-state index in [1.807, 2.05) is 0 Å². The van der Waals surface area contributed by atoms with E-state index >= 15 is 0 Å². The summed E-state index contributed by atoms with van der Waals surface area (Å²) in [5.41, 5.74) is 0. The summed E-state index contributed by atoms with van der Waals surface area (Å²) in [6, 6.07) is 0. The first kappa shape index (κ1) is 23.9. The Balaban J connectivity index is 0.00000118.